The zero-order valence-corrected chi connectivity index (χ0v) is 15.9. The van der Waals surface area contributed by atoms with E-state index in [0.717, 1.165) is 22.2 Å². The second-order valence-electron chi connectivity index (χ2n) is 6.94. The van der Waals surface area contributed by atoms with Crippen molar-refractivity contribution in [1.29, 1.82) is 0 Å². The molecule has 0 aliphatic carbocycles. The van der Waals surface area contributed by atoms with Gasteiger partial charge in [-0.3, -0.25) is 4.90 Å². The molecular weight excluding hydrogens is 380 g/mol. The molecule has 0 aromatic heterocycles. The number of ether oxygens (including phenoxy) is 1. The highest BCUT2D eigenvalue weighted by Crippen LogP contribution is 2.48. The first-order valence-electron chi connectivity index (χ1n) is 8.59. The van der Waals surface area contributed by atoms with Crippen LogP contribution in [0.5, 0.6) is 5.75 Å². The van der Waals surface area contributed by atoms with Gasteiger partial charge in [-0.25, -0.2) is 4.79 Å². The van der Waals surface area contributed by atoms with E-state index in [1.165, 1.54) is 5.56 Å². The Balaban J connectivity index is 1.65. The number of rotatable bonds is 3. The number of benzene rings is 2. The highest BCUT2D eigenvalue weighted by atomic mass is 79.9. The first-order valence-corrected chi connectivity index (χ1v) is 9.39. The number of carbonyl (C=O) groups excluding carboxylic acids is 1. The summed E-state index contributed by atoms with van der Waals surface area (Å²) in [5.74, 6) is 0.987. The van der Waals surface area contributed by atoms with Crippen LogP contribution >= 0.6 is 15.9 Å². The number of halogens is 1. The summed E-state index contributed by atoms with van der Waals surface area (Å²) >= 11 is 3.51. The second-order valence-corrected chi connectivity index (χ2v) is 7.86. The molecule has 4 rings (SSSR count). The number of carbonyl (C=O) groups is 1. The predicted octanol–water partition coefficient (Wildman–Crippen LogP) is 4.50. The molecule has 2 aromatic rings. The second kappa shape index (κ2) is 6.06. The molecule has 2 aliphatic rings. The molecule has 2 aliphatic heterocycles. The topological polar surface area (TPSA) is 41.6 Å². The summed E-state index contributed by atoms with van der Waals surface area (Å²) in [5, 5.41) is 3.18. The van der Waals surface area contributed by atoms with E-state index in [0.29, 0.717) is 6.54 Å². The van der Waals surface area contributed by atoms with Crippen LogP contribution in [0.4, 0.5) is 4.79 Å². The molecule has 2 aromatic carbocycles. The first kappa shape index (κ1) is 16.5. The molecule has 1 fully saturated rings. The lowest BCUT2D eigenvalue weighted by atomic mass is 9.80. The zero-order valence-electron chi connectivity index (χ0n) is 14.3. The number of fused-ring (bicyclic) bond motifs is 4. The third-order valence-electron chi connectivity index (χ3n) is 5.50. The fourth-order valence-electron chi connectivity index (χ4n) is 3.87. The summed E-state index contributed by atoms with van der Waals surface area (Å²) in [6.07, 6.45) is 0.803. The van der Waals surface area contributed by atoms with Crippen LogP contribution in [0, 0.1) is 5.92 Å². The highest BCUT2D eigenvalue weighted by molar-refractivity contribution is 9.10. The highest BCUT2D eigenvalue weighted by Gasteiger charge is 2.54. The number of hydrogen-bond donors (Lipinski definition) is 1. The average molecular weight is 401 g/mol. The number of amides is 2. The summed E-state index contributed by atoms with van der Waals surface area (Å²) in [5.41, 5.74) is 1.60. The molecular formula is C20H21BrN2O2. The van der Waals surface area contributed by atoms with Crippen molar-refractivity contribution in [3.05, 3.63) is 64.1 Å². The van der Waals surface area contributed by atoms with E-state index in [4.69, 9.17) is 4.74 Å². The predicted molar refractivity (Wildman–Crippen MR) is 100 cm³/mol. The normalized spacial score (nSPS) is 27.3. The summed E-state index contributed by atoms with van der Waals surface area (Å²) in [4.78, 5) is 14.6. The molecule has 0 saturated carbocycles. The third kappa shape index (κ3) is 2.71. The summed E-state index contributed by atoms with van der Waals surface area (Å²) in [6, 6.07) is 16.1. The summed E-state index contributed by atoms with van der Waals surface area (Å²) in [6.45, 7) is 4.79. The van der Waals surface area contributed by atoms with Crippen LogP contribution in [-0.2, 0) is 6.42 Å². The Morgan fingerprint density at radius 1 is 1.24 bits per heavy atom. The molecule has 1 N–H and O–H groups in total. The minimum Gasteiger partial charge on any atom is -0.467 e. The minimum atomic E-state index is -0.650. The maximum Gasteiger partial charge on any atom is 0.321 e. The summed E-state index contributed by atoms with van der Waals surface area (Å²) in [7, 11) is 0. The Bertz CT molecular complexity index is 811. The van der Waals surface area contributed by atoms with Crippen molar-refractivity contribution in [2.24, 2.45) is 5.92 Å². The quantitative estimate of drug-likeness (QED) is 0.823. The van der Waals surface area contributed by atoms with Crippen molar-refractivity contribution < 1.29 is 9.53 Å². The first-order chi connectivity index (χ1) is 12.0. The minimum absolute atomic E-state index is 0.0354. The van der Waals surface area contributed by atoms with Gasteiger partial charge in [-0.05, 0) is 37.1 Å². The van der Waals surface area contributed by atoms with Gasteiger partial charge in [0.15, 0.2) is 5.72 Å². The van der Waals surface area contributed by atoms with E-state index < -0.39 is 5.72 Å². The monoisotopic (exact) mass is 400 g/mol. The van der Waals surface area contributed by atoms with Crippen LogP contribution in [0.3, 0.4) is 0 Å². The van der Waals surface area contributed by atoms with Crippen molar-refractivity contribution in [3.8, 4) is 5.75 Å². The fraction of sp³-hybridized carbons (Fsp3) is 0.350. The molecule has 2 heterocycles. The third-order valence-corrected chi connectivity index (χ3v) is 5.99. The van der Waals surface area contributed by atoms with E-state index in [-0.39, 0.29) is 18.0 Å². The lowest BCUT2D eigenvalue weighted by Gasteiger charge is -2.54. The van der Waals surface area contributed by atoms with E-state index in [2.05, 4.69) is 40.3 Å². The van der Waals surface area contributed by atoms with Crippen molar-refractivity contribution >= 4 is 22.0 Å². The van der Waals surface area contributed by atoms with Crippen LogP contribution in [0.2, 0.25) is 0 Å². The Morgan fingerprint density at radius 2 is 2.00 bits per heavy atom. The smallest absolute Gasteiger partial charge is 0.321 e. The van der Waals surface area contributed by atoms with Gasteiger partial charge in [0.25, 0.3) is 0 Å². The number of nitrogens with one attached hydrogen (secondary N) is 1. The molecule has 130 valence electrons. The van der Waals surface area contributed by atoms with Gasteiger partial charge in [-0.15, -0.1) is 0 Å². The molecule has 25 heavy (non-hydrogen) atoms. The maximum atomic E-state index is 12.8. The van der Waals surface area contributed by atoms with Crippen LogP contribution in [0.1, 0.15) is 31.0 Å². The molecule has 5 heteroatoms. The van der Waals surface area contributed by atoms with Crippen molar-refractivity contribution in [1.82, 2.24) is 10.2 Å². The average Bonchev–Trinajstić information content (AvgIpc) is 2.60. The van der Waals surface area contributed by atoms with Gasteiger partial charge in [0.2, 0.25) is 0 Å². The van der Waals surface area contributed by atoms with E-state index in [1.54, 1.807) is 0 Å². The number of hydrogen-bond acceptors (Lipinski definition) is 2. The molecule has 2 amide bonds. The molecule has 3 atom stereocenters. The number of nitrogens with zero attached hydrogens (tertiary/aromatic N) is 1. The molecule has 0 unspecified atom stereocenters. The van der Waals surface area contributed by atoms with Crippen molar-refractivity contribution in [3.63, 3.8) is 0 Å². The van der Waals surface area contributed by atoms with E-state index in [9.17, 15) is 4.79 Å². The van der Waals surface area contributed by atoms with Crippen LogP contribution in [0.15, 0.2) is 53.0 Å². The maximum absolute atomic E-state index is 12.8. The van der Waals surface area contributed by atoms with Gasteiger partial charge < -0.3 is 10.1 Å². The molecule has 4 nitrogen and oxygen atoms in total. The van der Waals surface area contributed by atoms with Gasteiger partial charge in [0.1, 0.15) is 5.75 Å². The molecule has 0 radical (unpaired) electrons. The molecule has 2 bridgehead atoms. The summed E-state index contributed by atoms with van der Waals surface area (Å²) < 4.78 is 7.37. The van der Waals surface area contributed by atoms with Crippen LogP contribution < -0.4 is 10.1 Å². The van der Waals surface area contributed by atoms with Crippen LogP contribution in [-0.4, -0.2) is 23.2 Å². The van der Waals surface area contributed by atoms with E-state index in [1.807, 2.05) is 48.2 Å². The Hall–Kier alpha value is -2.01. The zero-order chi connectivity index (χ0) is 17.6. The Kier molecular flexibility index (Phi) is 3.99. The van der Waals surface area contributed by atoms with Crippen molar-refractivity contribution in [2.75, 3.05) is 6.54 Å². The van der Waals surface area contributed by atoms with Gasteiger partial charge in [-0.1, -0.05) is 53.2 Å². The largest absolute Gasteiger partial charge is 0.467 e. The number of urea groups is 1. The van der Waals surface area contributed by atoms with Gasteiger partial charge in [-0.2, -0.15) is 0 Å². The Labute approximate surface area is 156 Å². The van der Waals surface area contributed by atoms with Gasteiger partial charge in [0.05, 0.1) is 6.04 Å². The SMILES string of the molecule is C[C@H]1[C@H]2NC(=O)N(CCc3ccccc3)[C@@]1(C)Oc1ccc(Br)cc12. The van der Waals surface area contributed by atoms with Crippen LogP contribution in [0.25, 0.3) is 0 Å². The van der Waals surface area contributed by atoms with Gasteiger partial charge >= 0.3 is 6.03 Å². The van der Waals surface area contributed by atoms with Gasteiger partial charge in [0, 0.05) is 22.5 Å². The standard InChI is InChI=1S/C20H21BrN2O2/c1-13-18-16-12-15(21)8-9-17(16)25-20(13,2)23(19(24)22-18)11-10-14-6-4-3-5-7-14/h3-9,12-13,18H,10-11H2,1-2H3,(H,22,24)/t13-,18+,20-/m0/s1. The molecule has 0 spiro atoms. The van der Waals surface area contributed by atoms with Crippen molar-refractivity contribution in [2.45, 2.75) is 32.0 Å². The lowest BCUT2D eigenvalue weighted by Crippen LogP contribution is -2.69. The fourth-order valence-corrected chi connectivity index (χ4v) is 4.25. The Morgan fingerprint density at radius 3 is 2.76 bits per heavy atom. The lowest BCUT2D eigenvalue weighted by molar-refractivity contribution is -0.123. The van der Waals surface area contributed by atoms with E-state index >= 15 is 0 Å². The molecule has 1 saturated heterocycles.